The molecule has 7 amide bonds. The Hall–Kier alpha value is -5.64. The number of primary amides is 2. The molecule has 22 heteroatoms. The van der Waals surface area contributed by atoms with Gasteiger partial charge >= 0.3 is 11.9 Å². The van der Waals surface area contributed by atoms with Crippen LogP contribution < -0.4 is 49.5 Å². The highest BCUT2D eigenvalue weighted by molar-refractivity contribution is 5.97. The highest BCUT2D eigenvalue weighted by Gasteiger charge is 2.34. The van der Waals surface area contributed by atoms with Gasteiger partial charge < -0.3 is 64.7 Å². The van der Waals surface area contributed by atoms with Gasteiger partial charge in [0.05, 0.1) is 18.8 Å². The molecular weight excluding hydrogens is 702 g/mol. The lowest BCUT2D eigenvalue weighted by molar-refractivity contribution is -0.142. The maximum Gasteiger partial charge on any atom is 0.326 e. The summed E-state index contributed by atoms with van der Waals surface area (Å²) < 4.78 is 0. The van der Waals surface area contributed by atoms with E-state index >= 15 is 0 Å². The van der Waals surface area contributed by atoms with Crippen LogP contribution >= 0.6 is 0 Å². The third-order valence-electron chi connectivity index (χ3n) is 7.77. The van der Waals surface area contributed by atoms with Gasteiger partial charge in [0, 0.05) is 31.2 Å². The molecule has 296 valence electrons. The second-order valence-electron chi connectivity index (χ2n) is 12.6. The highest BCUT2D eigenvalue weighted by Crippen LogP contribution is 2.09. The zero-order valence-electron chi connectivity index (χ0n) is 29.6. The zero-order valence-corrected chi connectivity index (χ0v) is 29.6. The minimum atomic E-state index is -1.71. The van der Waals surface area contributed by atoms with Gasteiger partial charge in [-0.2, -0.15) is 0 Å². The van der Waals surface area contributed by atoms with Crippen molar-refractivity contribution in [2.75, 3.05) is 6.54 Å². The number of carboxylic acids is 2. The Labute approximate surface area is 304 Å². The zero-order chi connectivity index (χ0) is 40.2. The lowest BCUT2D eigenvalue weighted by Gasteiger charge is -2.28. The summed E-state index contributed by atoms with van der Waals surface area (Å²) in [5.41, 5.74) is 22.5. The number of hydrogen-bond donors (Lipinski definition) is 12. The van der Waals surface area contributed by atoms with Crippen molar-refractivity contribution in [2.24, 2.45) is 28.9 Å². The number of carbonyl (C=O) groups is 9. The minimum Gasteiger partial charge on any atom is -0.481 e. The molecule has 0 aromatic carbocycles. The summed E-state index contributed by atoms with van der Waals surface area (Å²) in [6.07, 6.45) is 1.13. The van der Waals surface area contributed by atoms with Crippen LogP contribution in [0.3, 0.4) is 0 Å². The SMILES string of the molecule is CC(C)C(NC(=O)C(CCC(N)=O)NC(=O)C(N)Cc1cnc[nH]1)C(=O)NC(CCC(=O)O)C(=O)NC(CC(N)=O)C(=O)NC(CCCCN)C(=O)O. The number of nitrogens with two attached hydrogens (primary N) is 4. The van der Waals surface area contributed by atoms with Crippen molar-refractivity contribution in [3.63, 3.8) is 0 Å². The van der Waals surface area contributed by atoms with Gasteiger partial charge in [0.25, 0.3) is 0 Å². The van der Waals surface area contributed by atoms with Gasteiger partial charge in [-0.3, -0.25) is 38.4 Å². The van der Waals surface area contributed by atoms with Crippen molar-refractivity contribution >= 4 is 53.3 Å². The summed E-state index contributed by atoms with van der Waals surface area (Å²) in [5.74, 6) is -10.1. The topological polar surface area (TPSA) is 387 Å². The number of rotatable bonds is 26. The van der Waals surface area contributed by atoms with Crippen LogP contribution in [0, 0.1) is 5.92 Å². The van der Waals surface area contributed by atoms with Gasteiger partial charge in [-0.15, -0.1) is 0 Å². The van der Waals surface area contributed by atoms with Crippen LogP contribution in [0.25, 0.3) is 0 Å². The molecule has 0 aliphatic rings. The Bertz CT molecular complexity index is 1440. The molecule has 53 heavy (non-hydrogen) atoms. The lowest BCUT2D eigenvalue weighted by Crippen LogP contribution is -2.60. The molecule has 22 nitrogen and oxygen atoms in total. The van der Waals surface area contributed by atoms with Gasteiger partial charge in [-0.1, -0.05) is 13.8 Å². The summed E-state index contributed by atoms with van der Waals surface area (Å²) in [4.78, 5) is 119. The Morgan fingerprint density at radius 1 is 0.717 bits per heavy atom. The number of nitrogens with one attached hydrogen (secondary N) is 6. The van der Waals surface area contributed by atoms with Crippen LogP contribution in [0.15, 0.2) is 12.5 Å². The summed E-state index contributed by atoms with van der Waals surface area (Å²) in [7, 11) is 0. The number of hydrogen-bond acceptors (Lipinski definition) is 12. The number of unbranched alkanes of at least 4 members (excludes halogenated alkanes) is 1. The van der Waals surface area contributed by atoms with E-state index in [1.165, 1.54) is 26.4 Å². The molecular formula is C31H51N11O11. The maximum atomic E-state index is 13.5. The van der Waals surface area contributed by atoms with E-state index in [9.17, 15) is 53.4 Å². The molecule has 16 N–H and O–H groups in total. The molecule has 0 radical (unpaired) electrons. The van der Waals surface area contributed by atoms with Crippen LogP contribution in [0.1, 0.15) is 70.9 Å². The Morgan fingerprint density at radius 2 is 1.26 bits per heavy atom. The molecule has 1 aromatic heterocycles. The fraction of sp³-hybridized carbons (Fsp3) is 0.613. The average Bonchev–Trinajstić information content (AvgIpc) is 3.58. The molecule has 0 saturated heterocycles. The largest absolute Gasteiger partial charge is 0.481 e. The van der Waals surface area contributed by atoms with E-state index in [1.54, 1.807) is 0 Å². The fourth-order valence-electron chi connectivity index (χ4n) is 4.85. The number of aliphatic carboxylic acids is 2. The number of carboxylic acid groups (broad SMARTS) is 2. The molecule has 1 rings (SSSR count). The monoisotopic (exact) mass is 753 g/mol. The first-order chi connectivity index (χ1) is 24.9. The van der Waals surface area contributed by atoms with Gasteiger partial charge in [0.2, 0.25) is 41.4 Å². The summed E-state index contributed by atoms with van der Waals surface area (Å²) >= 11 is 0. The second kappa shape index (κ2) is 23.0. The number of carbonyl (C=O) groups excluding carboxylic acids is 7. The van der Waals surface area contributed by atoms with Gasteiger partial charge in [-0.25, -0.2) is 9.78 Å². The van der Waals surface area contributed by atoms with E-state index in [-0.39, 0.29) is 32.2 Å². The third-order valence-corrected chi connectivity index (χ3v) is 7.77. The van der Waals surface area contributed by atoms with Crippen LogP contribution in [-0.2, 0) is 49.6 Å². The predicted octanol–water partition coefficient (Wildman–Crippen LogP) is -4.42. The number of amides is 7. The molecule has 0 fully saturated rings. The molecule has 1 aromatic rings. The third kappa shape index (κ3) is 17.4. The summed E-state index contributed by atoms with van der Waals surface area (Å²) in [6, 6.07) is -8.68. The molecule has 1 heterocycles. The quantitative estimate of drug-likeness (QED) is 0.0398. The number of aromatic amines is 1. The Balaban J connectivity index is 3.21. The minimum absolute atomic E-state index is 0.0137. The van der Waals surface area contributed by atoms with E-state index < -0.39 is 115 Å². The summed E-state index contributed by atoms with van der Waals surface area (Å²) in [5, 5.41) is 30.5. The van der Waals surface area contributed by atoms with Gasteiger partial charge in [0.1, 0.15) is 30.2 Å². The lowest BCUT2D eigenvalue weighted by atomic mass is 10.0. The number of aromatic nitrogens is 2. The van der Waals surface area contributed by atoms with E-state index in [0.29, 0.717) is 18.5 Å². The molecule has 0 bridgehead atoms. The Morgan fingerprint density at radius 3 is 1.77 bits per heavy atom. The summed E-state index contributed by atoms with van der Waals surface area (Å²) in [6.45, 7) is 3.35. The van der Waals surface area contributed by atoms with Crippen molar-refractivity contribution < 1.29 is 53.4 Å². The van der Waals surface area contributed by atoms with E-state index in [4.69, 9.17) is 22.9 Å². The first-order valence-electron chi connectivity index (χ1n) is 16.8. The van der Waals surface area contributed by atoms with Crippen LogP contribution in [0.2, 0.25) is 0 Å². The van der Waals surface area contributed by atoms with E-state index in [1.807, 2.05) is 0 Å². The molecule has 6 unspecified atom stereocenters. The average molecular weight is 754 g/mol. The standard InChI is InChI=1S/C31H51N11O11/c1-15(2)25(42-28(49)18(6-8-22(34)43)38-26(47)17(33)11-16-13-36-14-37-16)30(51)39-19(7-9-24(45)46)27(48)41-21(12-23(35)44)29(50)40-20(31(52)53)5-3-4-10-32/h13-15,17-21,25H,3-12,32-33H2,1-2H3,(H2,34,43)(H2,35,44)(H,36,37)(H,38,47)(H,39,51)(H,40,50)(H,41,48)(H,42,49)(H,45,46)(H,52,53). The first kappa shape index (κ1) is 45.4. The van der Waals surface area contributed by atoms with Crippen molar-refractivity contribution in [2.45, 2.75) is 108 Å². The van der Waals surface area contributed by atoms with E-state index in [0.717, 1.165) is 0 Å². The van der Waals surface area contributed by atoms with Crippen molar-refractivity contribution in [3.05, 3.63) is 18.2 Å². The maximum absolute atomic E-state index is 13.5. The van der Waals surface area contributed by atoms with Gasteiger partial charge in [-0.05, 0) is 44.6 Å². The first-order valence-corrected chi connectivity index (χ1v) is 16.8. The van der Waals surface area contributed by atoms with Gasteiger partial charge in [0.15, 0.2) is 0 Å². The number of imidazole rings is 1. The molecule has 0 aliphatic carbocycles. The number of nitrogens with zero attached hydrogens (tertiary/aromatic N) is 1. The van der Waals surface area contributed by atoms with Crippen LogP contribution in [0.4, 0.5) is 0 Å². The van der Waals surface area contributed by atoms with Crippen molar-refractivity contribution in [1.82, 2.24) is 36.6 Å². The second-order valence-corrected chi connectivity index (χ2v) is 12.6. The van der Waals surface area contributed by atoms with Crippen LogP contribution in [-0.4, -0.2) is 116 Å². The normalized spacial score (nSPS) is 14.4. The molecule has 0 spiro atoms. The molecule has 6 atom stereocenters. The smallest absolute Gasteiger partial charge is 0.326 e. The van der Waals surface area contributed by atoms with Crippen molar-refractivity contribution in [1.29, 1.82) is 0 Å². The molecule has 0 saturated carbocycles. The predicted molar refractivity (Wildman–Crippen MR) is 184 cm³/mol. The highest BCUT2D eigenvalue weighted by atomic mass is 16.4. The molecule has 0 aliphatic heterocycles. The van der Waals surface area contributed by atoms with Crippen molar-refractivity contribution in [3.8, 4) is 0 Å². The van der Waals surface area contributed by atoms with E-state index in [2.05, 4.69) is 36.6 Å². The fourth-order valence-corrected chi connectivity index (χ4v) is 4.85. The van der Waals surface area contributed by atoms with Crippen LogP contribution in [0.5, 0.6) is 0 Å². The number of H-pyrrole nitrogens is 1. The Kier molecular flexibility index (Phi) is 19.7.